The number of likely N-dealkylation sites (N-methyl/N-ethyl adjacent to an activating group) is 1. The molecular formula is C14H25N7. The Kier molecular flexibility index (Phi) is 4.10. The van der Waals surface area contributed by atoms with Crippen LogP contribution in [0.4, 0.5) is 17.8 Å². The molecule has 0 saturated carbocycles. The van der Waals surface area contributed by atoms with Crippen LogP contribution in [-0.4, -0.2) is 65.7 Å². The predicted molar refractivity (Wildman–Crippen MR) is 84.6 cm³/mol. The molecule has 2 aliphatic heterocycles. The van der Waals surface area contributed by atoms with Crippen molar-refractivity contribution in [3.8, 4) is 0 Å². The Bertz CT molecular complexity index is 486. The van der Waals surface area contributed by atoms with E-state index in [1.807, 2.05) is 0 Å². The number of hydrogen-bond acceptors (Lipinski definition) is 7. The SMILES string of the molecule is CC1CN(c2nc(N)nc(N3CCCCC3)n2)CCN1C. The van der Waals surface area contributed by atoms with Crippen LogP contribution in [0.1, 0.15) is 26.2 Å². The van der Waals surface area contributed by atoms with Crippen LogP contribution >= 0.6 is 0 Å². The molecule has 7 nitrogen and oxygen atoms in total. The molecule has 0 aromatic carbocycles. The Morgan fingerprint density at radius 1 is 0.905 bits per heavy atom. The summed E-state index contributed by atoms with van der Waals surface area (Å²) in [6.07, 6.45) is 3.69. The Labute approximate surface area is 126 Å². The normalized spacial score (nSPS) is 24.4. The Balaban J connectivity index is 1.80. The average molecular weight is 291 g/mol. The van der Waals surface area contributed by atoms with Crippen molar-refractivity contribution in [1.29, 1.82) is 0 Å². The maximum atomic E-state index is 5.91. The zero-order valence-electron chi connectivity index (χ0n) is 13.0. The van der Waals surface area contributed by atoms with Gasteiger partial charge in [0.05, 0.1) is 0 Å². The van der Waals surface area contributed by atoms with Crippen molar-refractivity contribution >= 4 is 17.8 Å². The van der Waals surface area contributed by atoms with Crippen LogP contribution in [0.2, 0.25) is 0 Å². The van der Waals surface area contributed by atoms with Gasteiger partial charge >= 0.3 is 0 Å². The van der Waals surface area contributed by atoms with Gasteiger partial charge in [-0.15, -0.1) is 0 Å². The molecule has 1 aromatic rings. The molecule has 0 bridgehead atoms. The zero-order valence-corrected chi connectivity index (χ0v) is 13.0. The molecule has 3 heterocycles. The van der Waals surface area contributed by atoms with Gasteiger partial charge in [-0.1, -0.05) is 0 Å². The molecule has 3 rings (SSSR count). The minimum Gasteiger partial charge on any atom is -0.368 e. The lowest BCUT2D eigenvalue weighted by Gasteiger charge is -2.38. The van der Waals surface area contributed by atoms with Crippen LogP contribution in [0, 0.1) is 0 Å². The van der Waals surface area contributed by atoms with Crippen molar-refractivity contribution in [2.45, 2.75) is 32.2 Å². The van der Waals surface area contributed by atoms with Gasteiger partial charge in [-0.2, -0.15) is 15.0 Å². The lowest BCUT2D eigenvalue weighted by atomic mass is 10.1. The third kappa shape index (κ3) is 3.18. The van der Waals surface area contributed by atoms with Crippen molar-refractivity contribution in [2.75, 3.05) is 55.3 Å². The van der Waals surface area contributed by atoms with E-state index < -0.39 is 0 Å². The number of piperazine rings is 1. The molecule has 0 amide bonds. The maximum Gasteiger partial charge on any atom is 0.232 e. The highest BCUT2D eigenvalue weighted by atomic mass is 15.4. The summed E-state index contributed by atoms with van der Waals surface area (Å²) in [5, 5.41) is 0. The summed E-state index contributed by atoms with van der Waals surface area (Å²) in [5.41, 5.74) is 5.91. The number of rotatable bonds is 2. The first-order valence-corrected chi connectivity index (χ1v) is 7.85. The fourth-order valence-corrected chi connectivity index (χ4v) is 2.98. The van der Waals surface area contributed by atoms with Crippen LogP contribution in [0.5, 0.6) is 0 Å². The van der Waals surface area contributed by atoms with Crippen molar-refractivity contribution in [3.63, 3.8) is 0 Å². The van der Waals surface area contributed by atoms with Crippen LogP contribution in [-0.2, 0) is 0 Å². The second kappa shape index (κ2) is 6.01. The standard InChI is InChI=1S/C14H25N7/c1-11-10-21(9-8-19(11)2)14-17-12(15)16-13(18-14)20-6-4-3-5-7-20/h11H,3-10H2,1-2H3,(H2,15,16,17,18). The molecule has 0 aliphatic carbocycles. The van der Waals surface area contributed by atoms with Gasteiger partial charge in [0.25, 0.3) is 0 Å². The second-order valence-corrected chi connectivity index (χ2v) is 6.12. The highest BCUT2D eigenvalue weighted by Gasteiger charge is 2.24. The number of anilines is 3. The first kappa shape index (κ1) is 14.3. The van der Waals surface area contributed by atoms with Gasteiger partial charge in [0, 0.05) is 38.8 Å². The molecule has 2 fully saturated rings. The van der Waals surface area contributed by atoms with E-state index in [4.69, 9.17) is 5.73 Å². The van der Waals surface area contributed by atoms with Crippen LogP contribution in [0.25, 0.3) is 0 Å². The minimum absolute atomic E-state index is 0.326. The first-order chi connectivity index (χ1) is 10.1. The molecule has 2 N–H and O–H groups in total. The molecular weight excluding hydrogens is 266 g/mol. The second-order valence-electron chi connectivity index (χ2n) is 6.12. The molecule has 1 atom stereocenters. The third-order valence-electron chi connectivity index (χ3n) is 4.51. The molecule has 2 aliphatic rings. The topological polar surface area (TPSA) is 74.4 Å². The van der Waals surface area contributed by atoms with Gasteiger partial charge in [-0.25, -0.2) is 0 Å². The molecule has 0 spiro atoms. The number of nitrogen functional groups attached to an aromatic ring is 1. The van der Waals surface area contributed by atoms with E-state index in [-0.39, 0.29) is 0 Å². The molecule has 116 valence electrons. The summed E-state index contributed by atoms with van der Waals surface area (Å²) in [5.74, 6) is 1.79. The molecule has 0 radical (unpaired) electrons. The molecule has 21 heavy (non-hydrogen) atoms. The lowest BCUT2D eigenvalue weighted by molar-refractivity contribution is 0.233. The van der Waals surface area contributed by atoms with E-state index in [1.54, 1.807) is 0 Å². The Morgan fingerprint density at radius 2 is 1.57 bits per heavy atom. The van der Waals surface area contributed by atoms with E-state index in [0.29, 0.717) is 12.0 Å². The molecule has 7 heteroatoms. The van der Waals surface area contributed by atoms with E-state index >= 15 is 0 Å². The molecule has 2 saturated heterocycles. The summed E-state index contributed by atoms with van der Waals surface area (Å²) < 4.78 is 0. The van der Waals surface area contributed by atoms with Crippen LogP contribution in [0.15, 0.2) is 0 Å². The van der Waals surface area contributed by atoms with E-state index in [2.05, 4.69) is 43.6 Å². The molecule has 1 aromatic heterocycles. The number of nitrogens with two attached hydrogens (primary N) is 1. The van der Waals surface area contributed by atoms with Crippen molar-refractivity contribution in [2.24, 2.45) is 0 Å². The van der Waals surface area contributed by atoms with Crippen molar-refractivity contribution in [1.82, 2.24) is 19.9 Å². The number of aromatic nitrogens is 3. The van der Waals surface area contributed by atoms with Gasteiger partial charge < -0.3 is 20.4 Å². The lowest BCUT2D eigenvalue weighted by Crippen LogP contribution is -2.50. The van der Waals surface area contributed by atoms with E-state index in [9.17, 15) is 0 Å². The summed E-state index contributed by atoms with van der Waals surface area (Å²) in [7, 11) is 2.16. The fraction of sp³-hybridized carbons (Fsp3) is 0.786. The first-order valence-electron chi connectivity index (χ1n) is 7.85. The van der Waals surface area contributed by atoms with Gasteiger partial charge in [-0.05, 0) is 33.2 Å². The third-order valence-corrected chi connectivity index (χ3v) is 4.51. The number of piperidine rings is 1. The van der Waals surface area contributed by atoms with Gasteiger partial charge in [0.15, 0.2) is 0 Å². The highest BCUT2D eigenvalue weighted by molar-refractivity contribution is 5.44. The van der Waals surface area contributed by atoms with Crippen molar-refractivity contribution in [3.05, 3.63) is 0 Å². The average Bonchev–Trinajstić information content (AvgIpc) is 2.50. The highest BCUT2D eigenvalue weighted by Crippen LogP contribution is 2.20. The van der Waals surface area contributed by atoms with Crippen LogP contribution in [0.3, 0.4) is 0 Å². The summed E-state index contributed by atoms with van der Waals surface area (Å²) in [4.78, 5) is 20.1. The van der Waals surface area contributed by atoms with Gasteiger partial charge in [0.1, 0.15) is 0 Å². The predicted octanol–water partition coefficient (Wildman–Crippen LogP) is 0.584. The van der Waals surface area contributed by atoms with Gasteiger partial charge in [-0.3, -0.25) is 0 Å². The quantitative estimate of drug-likeness (QED) is 0.854. The zero-order chi connectivity index (χ0) is 14.8. The van der Waals surface area contributed by atoms with Crippen LogP contribution < -0.4 is 15.5 Å². The largest absolute Gasteiger partial charge is 0.368 e. The maximum absolute atomic E-state index is 5.91. The summed E-state index contributed by atoms with van der Waals surface area (Å²) >= 11 is 0. The number of hydrogen-bond donors (Lipinski definition) is 1. The monoisotopic (exact) mass is 291 g/mol. The molecule has 1 unspecified atom stereocenters. The minimum atomic E-state index is 0.326. The Hall–Kier alpha value is -1.63. The fourth-order valence-electron chi connectivity index (χ4n) is 2.98. The summed E-state index contributed by atoms with van der Waals surface area (Å²) in [6, 6.07) is 0.496. The Morgan fingerprint density at radius 3 is 2.24 bits per heavy atom. The smallest absolute Gasteiger partial charge is 0.232 e. The van der Waals surface area contributed by atoms with Gasteiger partial charge in [0.2, 0.25) is 17.8 Å². The summed E-state index contributed by atoms with van der Waals surface area (Å²) in [6.45, 7) is 7.14. The number of nitrogens with zero attached hydrogens (tertiary/aromatic N) is 6. The van der Waals surface area contributed by atoms with E-state index in [0.717, 1.165) is 44.6 Å². The van der Waals surface area contributed by atoms with Crippen molar-refractivity contribution < 1.29 is 0 Å². The van der Waals surface area contributed by atoms with E-state index in [1.165, 1.54) is 19.3 Å².